The Morgan fingerprint density at radius 2 is 2.50 bits per heavy atom. The second-order valence-electron chi connectivity index (χ2n) is 3.00. The van der Waals surface area contributed by atoms with Crippen LogP contribution in [0.5, 0.6) is 0 Å². The molecule has 1 rings (SSSR count). The molecule has 1 heterocycles. The van der Waals surface area contributed by atoms with Crippen LogP contribution in [0, 0.1) is 0 Å². The highest BCUT2D eigenvalue weighted by Crippen LogP contribution is 2.05. The predicted octanol–water partition coefficient (Wildman–Crippen LogP) is -1.06. The molecule has 1 fully saturated rings. The molecule has 0 aromatic rings. The van der Waals surface area contributed by atoms with Gasteiger partial charge in [0.2, 0.25) is 5.91 Å². The number of hydrogen-bond acceptors (Lipinski definition) is 4. The van der Waals surface area contributed by atoms with Crippen LogP contribution >= 0.6 is 0 Å². The van der Waals surface area contributed by atoms with Crippen LogP contribution in [0.1, 0.15) is 6.92 Å². The number of carbonyl (C=O) groups excluding carboxylic acids is 2. The van der Waals surface area contributed by atoms with Crippen molar-refractivity contribution in [3.05, 3.63) is 0 Å². The molecule has 1 aliphatic rings. The third kappa shape index (κ3) is 2.35. The molecule has 0 aromatic heterocycles. The Hall–Kier alpha value is -1.30. The maximum atomic E-state index is 11.3. The van der Waals surface area contributed by atoms with Gasteiger partial charge in [-0.05, 0) is 6.92 Å². The first-order valence-corrected chi connectivity index (χ1v) is 4.48. The highest BCUT2D eigenvalue weighted by Gasteiger charge is 2.29. The molecular weight excluding hydrogens is 188 g/mol. The molecule has 0 radical (unpaired) electrons. The summed E-state index contributed by atoms with van der Waals surface area (Å²) in [6, 6.07) is -0.505. The Labute approximate surface area is 81.8 Å². The summed E-state index contributed by atoms with van der Waals surface area (Å²) in [4.78, 5) is 23.8. The third-order valence-corrected chi connectivity index (χ3v) is 2.05. The molecule has 1 aliphatic heterocycles. The number of amides is 2. The Balaban J connectivity index is 2.49. The first-order valence-electron chi connectivity index (χ1n) is 4.48. The molecule has 1 atom stereocenters. The molecule has 2 N–H and O–H groups in total. The zero-order valence-corrected chi connectivity index (χ0v) is 8.02. The zero-order chi connectivity index (χ0) is 10.6. The van der Waals surface area contributed by atoms with Gasteiger partial charge < -0.3 is 15.2 Å². The number of aliphatic hydroxyl groups is 1. The summed E-state index contributed by atoms with van der Waals surface area (Å²) in [7, 11) is 0. The van der Waals surface area contributed by atoms with E-state index in [4.69, 9.17) is 9.84 Å². The normalized spacial score (nSPS) is 21.7. The van der Waals surface area contributed by atoms with Crippen molar-refractivity contribution in [2.45, 2.75) is 13.0 Å². The molecule has 0 aliphatic carbocycles. The Bertz CT molecular complexity index is 231. The molecule has 80 valence electrons. The minimum atomic E-state index is -0.554. The number of aliphatic hydroxyl groups excluding tert-OH is 1. The predicted molar refractivity (Wildman–Crippen MR) is 47.6 cm³/mol. The molecule has 0 bridgehead atoms. The summed E-state index contributed by atoms with van der Waals surface area (Å²) in [5, 5.41) is 11.1. The maximum Gasteiger partial charge on any atom is 0.410 e. The summed E-state index contributed by atoms with van der Waals surface area (Å²) < 4.78 is 4.71. The molecular formula is C8H14N2O4. The van der Waals surface area contributed by atoms with Crippen molar-refractivity contribution in [2.24, 2.45) is 0 Å². The molecule has 6 heteroatoms. The van der Waals surface area contributed by atoms with E-state index in [9.17, 15) is 9.59 Å². The third-order valence-electron chi connectivity index (χ3n) is 2.05. The van der Waals surface area contributed by atoms with Gasteiger partial charge in [0.25, 0.3) is 0 Å². The second-order valence-corrected chi connectivity index (χ2v) is 3.00. The van der Waals surface area contributed by atoms with Crippen molar-refractivity contribution >= 4 is 12.0 Å². The van der Waals surface area contributed by atoms with Crippen molar-refractivity contribution in [3.63, 3.8) is 0 Å². The van der Waals surface area contributed by atoms with Crippen LogP contribution in [0.2, 0.25) is 0 Å². The summed E-state index contributed by atoms with van der Waals surface area (Å²) in [5.41, 5.74) is 0. The monoisotopic (exact) mass is 202 g/mol. The summed E-state index contributed by atoms with van der Waals surface area (Å²) >= 11 is 0. The van der Waals surface area contributed by atoms with Crippen LogP contribution < -0.4 is 5.32 Å². The quantitative estimate of drug-likeness (QED) is 0.598. The molecule has 14 heavy (non-hydrogen) atoms. The molecule has 0 saturated carbocycles. The van der Waals surface area contributed by atoms with Crippen LogP contribution in [0.15, 0.2) is 0 Å². The number of carbonyl (C=O) groups is 2. The lowest BCUT2D eigenvalue weighted by Gasteiger charge is -2.31. The fourth-order valence-corrected chi connectivity index (χ4v) is 1.25. The van der Waals surface area contributed by atoms with Gasteiger partial charge in [0, 0.05) is 13.1 Å². The van der Waals surface area contributed by atoms with Crippen LogP contribution in [0.4, 0.5) is 4.79 Å². The first-order chi connectivity index (χ1) is 6.66. The Morgan fingerprint density at radius 1 is 1.79 bits per heavy atom. The Morgan fingerprint density at radius 3 is 3.14 bits per heavy atom. The van der Waals surface area contributed by atoms with Gasteiger partial charge in [0.1, 0.15) is 12.6 Å². The standard InChI is InChI=1S/C8H14N2O4/c1-6-7(12)9-2-3-10(6)8(13)14-5-4-11/h6,11H,2-5H2,1H3,(H,9,12). The van der Waals surface area contributed by atoms with Gasteiger partial charge >= 0.3 is 6.09 Å². The van der Waals surface area contributed by atoms with Gasteiger partial charge in [0.15, 0.2) is 0 Å². The van der Waals surface area contributed by atoms with Crippen molar-refractivity contribution < 1.29 is 19.4 Å². The molecule has 6 nitrogen and oxygen atoms in total. The molecule has 1 saturated heterocycles. The number of rotatable bonds is 2. The number of hydrogen-bond donors (Lipinski definition) is 2. The summed E-state index contributed by atoms with van der Waals surface area (Å²) in [6.07, 6.45) is -0.554. The first kappa shape index (κ1) is 10.8. The van der Waals surface area contributed by atoms with Gasteiger partial charge in [-0.25, -0.2) is 4.79 Å². The average Bonchev–Trinajstić information content (AvgIpc) is 2.18. The van der Waals surface area contributed by atoms with Gasteiger partial charge in [-0.2, -0.15) is 0 Å². The fourth-order valence-electron chi connectivity index (χ4n) is 1.25. The molecule has 0 aromatic carbocycles. The van der Waals surface area contributed by atoms with E-state index in [1.54, 1.807) is 6.92 Å². The van der Waals surface area contributed by atoms with Gasteiger partial charge in [0.05, 0.1) is 6.61 Å². The van der Waals surface area contributed by atoms with Crippen molar-refractivity contribution in [1.82, 2.24) is 10.2 Å². The van der Waals surface area contributed by atoms with E-state index < -0.39 is 12.1 Å². The lowest BCUT2D eigenvalue weighted by Crippen LogP contribution is -2.56. The number of nitrogens with zero attached hydrogens (tertiary/aromatic N) is 1. The van der Waals surface area contributed by atoms with Crippen LogP contribution in [-0.4, -0.2) is 54.4 Å². The average molecular weight is 202 g/mol. The van der Waals surface area contributed by atoms with E-state index in [0.717, 1.165) is 0 Å². The van der Waals surface area contributed by atoms with Crippen LogP contribution in [0.25, 0.3) is 0 Å². The van der Waals surface area contributed by atoms with Crippen molar-refractivity contribution in [1.29, 1.82) is 0 Å². The largest absolute Gasteiger partial charge is 0.447 e. The van der Waals surface area contributed by atoms with E-state index in [-0.39, 0.29) is 19.1 Å². The van der Waals surface area contributed by atoms with E-state index in [2.05, 4.69) is 5.32 Å². The van der Waals surface area contributed by atoms with Crippen LogP contribution in [0.3, 0.4) is 0 Å². The highest BCUT2D eigenvalue weighted by molar-refractivity contribution is 5.86. The highest BCUT2D eigenvalue weighted by atomic mass is 16.6. The number of ether oxygens (including phenoxy) is 1. The molecule has 1 unspecified atom stereocenters. The topological polar surface area (TPSA) is 78.9 Å². The van der Waals surface area contributed by atoms with Crippen molar-refractivity contribution in [3.8, 4) is 0 Å². The van der Waals surface area contributed by atoms with E-state index in [0.29, 0.717) is 13.1 Å². The molecule has 0 spiro atoms. The summed E-state index contributed by atoms with van der Waals surface area (Å²) in [5.74, 6) is -0.183. The van der Waals surface area contributed by atoms with E-state index in [1.807, 2.05) is 0 Å². The van der Waals surface area contributed by atoms with Gasteiger partial charge in [-0.1, -0.05) is 0 Å². The van der Waals surface area contributed by atoms with Gasteiger partial charge in [-0.15, -0.1) is 0 Å². The molecule has 2 amide bonds. The lowest BCUT2D eigenvalue weighted by atomic mass is 10.2. The van der Waals surface area contributed by atoms with Gasteiger partial charge in [-0.3, -0.25) is 9.69 Å². The fraction of sp³-hybridized carbons (Fsp3) is 0.750. The lowest BCUT2D eigenvalue weighted by molar-refractivity contribution is -0.127. The van der Waals surface area contributed by atoms with Crippen molar-refractivity contribution in [2.75, 3.05) is 26.3 Å². The van der Waals surface area contributed by atoms with E-state index >= 15 is 0 Å². The second kappa shape index (κ2) is 4.80. The number of nitrogens with one attached hydrogen (secondary N) is 1. The number of piperazine rings is 1. The minimum Gasteiger partial charge on any atom is -0.447 e. The smallest absolute Gasteiger partial charge is 0.410 e. The maximum absolute atomic E-state index is 11.3. The zero-order valence-electron chi connectivity index (χ0n) is 8.02. The Kier molecular flexibility index (Phi) is 3.70. The van der Waals surface area contributed by atoms with E-state index in [1.165, 1.54) is 4.90 Å². The summed E-state index contributed by atoms with van der Waals surface area (Å²) in [6.45, 7) is 2.27. The minimum absolute atomic E-state index is 0.0380. The SMILES string of the molecule is CC1C(=O)NCCN1C(=O)OCCO. The van der Waals surface area contributed by atoms with Crippen LogP contribution in [-0.2, 0) is 9.53 Å².